The Morgan fingerprint density at radius 2 is 1.96 bits per heavy atom. The van der Waals surface area contributed by atoms with Crippen molar-refractivity contribution in [3.8, 4) is 11.1 Å². The summed E-state index contributed by atoms with van der Waals surface area (Å²) in [6.07, 6.45) is 7.15. The summed E-state index contributed by atoms with van der Waals surface area (Å²) in [6.45, 7) is 4.66. The SMILES string of the molecule is CCCCn1ccc(-c2ccc(NC3CCC(C)(O)CC3)c(Cl)c2)c(Cl)c1=O. The number of unbranched alkanes of at least 4 members (excludes halogenated alkanes) is 1. The number of hydrogen-bond donors (Lipinski definition) is 2. The molecule has 0 saturated heterocycles. The van der Waals surface area contributed by atoms with E-state index in [1.165, 1.54) is 0 Å². The van der Waals surface area contributed by atoms with Crippen molar-refractivity contribution in [3.05, 3.63) is 50.9 Å². The van der Waals surface area contributed by atoms with Crippen LogP contribution in [0.4, 0.5) is 5.69 Å². The number of hydrogen-bond acceptors (Lipinski definition) is 3. The van der Waals surface area contributed by atoms with Gasteiger partial charge in [-0.1, -0.05) is 42.6 Å². The summed E-state index contributed by atoms with van der Waals surface area (Å²) in [5, 5.41) is 14.4. The number of benzene rings is 1. The second kappa shape index (κ2) is 8.89. The average Bonchev–Trinajstić information content (AvgIpc) is 2.66. The normalized spacial score (nSPS) is 22.2. The van der Waals surface area contributed by atoms with Crippen LogP contribution < -0.4 is 10.9 Å². The molecule has 4 nitrogen and oxygen atoms in total. The van der Waals surface area contributed by atoms with Crippen molar-refractivity contribution in [1.82, 2.24) is 4.57 Å². The Morgan fingerprint density at radius 1 is 1.25 bits per heavy atom. The van der Waals surface area contributed by atoms with Crippen molar-refractivity contribution in [3.63, 3.8) is 0 Å². The standard InChI is InChI=1S/C22H28Cl2N2O2/c1-3-4-12-26-13-9-17(20(24)21(26)27)15-5-6-19(18(23)14-15)25-16-7-10-22(2,28)11-8-16/h5-6,9,13-14,16,25,28H,3-4,7-8,10-12H2,1-2H3. The Kier molecular flexibility index (Phi) is 6.74. The zero-order chi connectivity index (χ0) is 20.3. The van der Waals surface area contributed by atoms with E-state index in [-0.39, 0.29) is 10.6 Å². The lowest BCUT2D eigenvalue weighted by Gasteiger charge is -2.34. The highest BCUT2D eigenvalue weighted by Crippen LogP contribution is 2.34. The zero-order valence-corrected chi connectivity index (χ0v) is 18.0. The van der Waals surface area contributed by atoms with Crippen molar-refractivity contribution in [2.45, 2.75) is 70.6 Å². The molecule has 1 saturated carbocycles. The summed E-state index contributed by atoms with van der Waals surface area (Å²) in [7, 11) is 0. The number of nitrogens with zero attached hydrogens (tertiary/aromatic N) is 1. The summed E-state index contributed by atoms with van der Waals surface area (Å²) >= 11 is 12.9. The molecule has 0 bridgehead atoms. The number of anilines is 1. The zero-order valence-electron chi connectivity index (χ0n) is 16.5. The van der Waals surface area contributed by atoms with E-state index in [0.717, 1.165) is 49.8 Å². The van der Waals surface area contributed by atoms with Crippen LogP contribution in [0.1, 0.15) is 52.4 Å². The summed E-state index contributed by atoms with van der Waals surface area (Å²) < 4.78 is 1.66. The van der Waals surface area contributed by atoms with Crippen LogP contribution in [-0.4, -0.2) is 21.3 Å². The molecule has 0 amide bonds. The van der Waals surface area contributed by atoms with Crippen molar-refractivity contribution in [2.75, 3.05) is 5.32 Å². The molecule has 2 aromatic rings. The van der Waals surface area contributed by atoms with Crippen molar-refractivity contribution < 1.29 is 5.11 Å². The number of rotatable bonds is 6. The molecule has 152 valence electrons. The van der Waals surface area contributed by atoms with E-state index in [1.54, 1.807) is 10.8 Å². The Morgan fingerprint density at radius 3 is 2.61 bits per heavy atom. The summed E-state index contributed by atoms with van der Waals surface area (Å²) in [4.78, 5) is 12.5. The van der Waals surface area contributed by atoms with Gasteiger partial charge in [0.15, 0.2) is 0 Å². The largest absolute Gasteiger partial charge is 0.390 e. The lowest BCUT2D eigenvalue weighted by Crippen LogP contribution is -2.35. The number of aromatic nitrogens is 1. The average molecular weight is 423 g/mol. The van der Waals surface area contributed by atoms with Crippen LogP contribution in [0.2, 0.25) is 10.0 Å². The van der Waals surface area contributed by atoms with E-state index in [1.807, 2.05) is 31.2 Å². The van der Waals surface area contributed by atoms with E-state index in [4.69, 9.17) is 23.2 Å². The minimum atomic E-state index is -0.556. The third-order valence-corrected chi connectivity index (χ3v) is 6.24. The number of nitrogens with one attached hydrogen (secondary N) is 1. The van der Waals surface area contributed by atoms with Crippen LogP contribution in [0.5, 0.6) is 0 Å². The van der Waals surface area contributed by atoms with Crippen LogP contribution in [0.3, 0.4) is 0 Å². The highest BCUT2D eigenvalue weighted by molar-refractivity contribution is 6.34. The van der Waals surface area contributed by atoms with Gasteiger partial charge in [0.05, 0.1) is 16.3 Å². The molecule has 1 heterocycles. The molecule has 1 aromatic heterocycles. The summed E-state index contributed by atoms with van der Waals surface area (Å²) in [6, 6.07) is 7.89. The fraction of sp³-hybridized carbons (Fsp3) is 0.500. The van der Waals surface area contributed by atoms with E-state index in [0.29, 0.717) is 23.2 Å². The first-order valence-corrected chi connectivity index (χ1v) is 10.7. The van der Waals surface area contributed by atoms with E-state index < -0.39 is 5.60 Å². The van der Waals surface area contributed by atoms with Gasteiger partial charge in [-0.05, 0) is 62.8 Å². The molecule has 0 radical (unpaired) electrons. The van der Waals surface area contributed by atoms with Crippen LogP contribution in [-0.2, 0) is 6.54 Å². The van der Waals surface area contributed by atoms with Gasteiger partial charge in [0.1, 0.15) is 5.02 Å². The van der Waals surface area contributed by atoms with Crippen molar-refractivity contribution >= 4 is 28.9 Å². The van der Waals surface area contributed by atoms with E-state index in [2.05, 4.69) is 12.2 Å². The van der Waals surface area contributed by atoms with Gasteiger partial charge < -0.3 is 15.0 Å². The molecular formula is C22H28Cl2N2O2. The molecule has 0 aliphatic heterocycles. The summed E-state index contributed by atoms with van der Waals surface area (Å²) in [5.74, 6) is 0. The first-order valence-electron chi connectivity index (χ1n) is 9.98. The minimum absolute atomic E-state index is 0.166. The Hall–Kier alpha value is -1.49. The molecule has 1 aliphatic rings. The van der Waals surface area contributed by atoms with E-state index in [9.17, 15) is 9.90 Å². The fourth-order valence-electron chi connectivity index (χ4n) is 3.68. The molecule has 0 unspecified atom stereocenters. The van der Waals surface area contributed by atoms with Crippen LogP contribution in [0.15, 0.2) is 35.3 Å². The van der Waals surface area contributed by atoms with Crippen molar-refractivity contribution in [2.24, 2.45) is 0 Å². The van der Waals surface area contributed by atoms with Gasteiger partial charge in [0.25, 0.3) is 5.56 Å². The lowest BCUT2D eigenvalue weighted by molar-refractivity contribution is 0.0196. The van der Waals surface area contributed by atoms with Gasteiger partial charge in [0.2, 0.25) is 0 Å². The number of aryl methyl sites for hydroxylation is 1. The Balaban J connectivity index is 1.77. The first kappa shape index (κ1) is 21.2. The predicted octanol–water partition coefficient (Wildman–Crippen LogP) is 5.73. The molecule has 0 atom stereocenters. The molecule has 1 fully saturated rings. The lowest BCUT2D eigenvalue weighted by atomic mass is 9.83. The molecule has 3 rings (SSSR count). The molecular weight excluding hydrogens is 395 g/mol. The molecule has 0 spiro atoms. The molecule has 1 aliphatic carbocycles. The number of aliphatic hydroxyl groups is 1. The van der Waals surface area contributed by atoms with Crippen LogP contribution in [0, 0.1) is 0 Å². The Labute approximate surface area is 176 Å². The van der Waals surface area contributed by atoms with Gasteiger partial charge in [0, 0.05) is 24.3 Å². The van der Waals surface area contributed by atoms with Gasteiger partial charge >= 0.3 is 0 Å². The predicted molar refractivity (Wildman–Crippen MR) is 118 cm³/mol. The van der Waals surface area contributed by atoms with Gasteiger partial charge in [-0.15, -0.1) is 0 Å². The maximum atomic E-state index is 12.5. The smallest absolute Gasteiger partial charge is 0.269 e. The molecule has 2 N–H and O–H groups in total. The third kappa shape index (κ3) is 4.91. The second-order valence-corrected chi connectivity index (χ2v) is 8.79. The highest BCUT2D eigenvalue weighted by atomic mass is 35.5. The molecule has 6 heteroatoms. The topological polar surface area (TPSA) is 54.3 Å². The monoisotopic (exact) mass is 422 g/mol. The molecule has 1 aromatic carbocycles. The molecule has 28 heavy (non-hydrogen) atoms. The fourth-order valence-corrected chi connectivity index (χ4v) is 4.19. The third-order valence-electron chi connectivity index (χ3n) is 5.56. The maximum absolute atomic E-state index is 12.5. The van der Waals surface area contributed by atoms with Crippen LogP contribution >= 0.6 is 23.2 Å². The van der Waals surface area contributed by atoms with Gasteiger partial charge in [-0.3, -0.25) is 4.79 Å². The highest BCUT2D eigenvalue weighted by Gasteiger charge is 2.28. The number of pyridine rings is 1. The first-order chi connectivity index (χ1) is 13.3. The summed E-state index contributed by atoms with van der Waals surface area (Å²) in [5.41, 5.74) is 1.66. The van der Waals surface area contributed by atoms with Crippen molar-refractivity contribution in [1.29, 1.82) is 0 Å². The minimum Gasteiger partial charge on any atom is -0.390 e. The van der Waals surface area contributed by atoms with Gasteiger partial charge in [-0.25, -0.2) is 0 Å². The number of halogens is 2. The maximum Gasteiger partial charge on any atom is 0.269 e. The second-order valence-electron chi connectivity index (χ2n) is 8.01. The Bertz CT molecular complexity index is 883. The quantitative estimate of drug-likeness (QED) is 0.624. The van der Waals surface area contributed by atoms with Gasteiger partial charge in [-0.2, -0.15) is 0 Å². The van der Waals surface area contributed by atoms with Crippen LogP contribution in [0.25, 0.3) is 11.1 Å². The van der Waals surface area contributed by atoms with E-state index >= 15 is 0 Å².